The number of allylic oxidation sites excluding steroid dienone is 1. The third kappa shape index (κ3) is 4.32. The van der Waals surface area contributed by atoms with E-state index in [0.717, 1.165) is 41.7 Å². The lowest BCUT2D eigenvalue weighted by molar-refractivity contribution is 0.0680. The zero-order valence-electron chi connectivity index (χ0n) is 18.4. The van der Waals surface area contributed by atoms with Crippen molar-refractivity contribution in [1.29, 1.82) is 0 Å². The van der Waals surface area contributed by atoms with Crippen LogP contribution in [0.25, 0.3) is 6.08 Å². The molecule has 2 atom stereocenters. The maximum Gasteiger partial charge on any atom is 0.294 e. The average molecular weight is 473 g/mol. The van der Waals surface area contributed by atoms with E-state index in [9.17, 15) is 17.8 Å². The minimum atomic E-state index is -4.33. The molecule has 0 radical (unpaired) electrons. The van der Waals surface area contributed by atoms with E-state index in [1.165, 1.54) is 24.3 Å². The zero-order valence-corrected chi connectivity index (χ0v) is 19.2. The van der Waals surface area contributed by atoms with Crippen molar-refractivity contribution in [3.63, 3.8) is 0 Å². The van der Waals surface area contributed by atoms with Crippen molar-refractivity contribution in [3.8, 4) is 0 Å². The average Bonchev–Trinajstić information content (AvgIpc) is 3.25. The van der Waals surface area contributed by atoms with E-state index in [0.29, 0.717) is 5.56 Å². The first kappa shape index (κ1) is 22.3. The molecular weight excluding hydrogens is 448 g/mol. The van der Waals surface area contributed by atoms with Gasteiger partial charge in [0.1, 0.15) is 0 Å². The topological polar surface area (TPSA) is 87.0 Å². The van der Waals surface area contributed by atoms with Gasteiger partial charge in [0.25, 0.3) is 16.0 Å². The summed E-state index contributed by atoms with van der Waals surface area (Å²) in [5, 5.41) is 6.40. The van der Waals surface area contributed by atoms with Crippen LogP contribution in [0.3, 0.4) is 0 Å². The second-order valence-electron chi connectivity index (χ2n) is 8.57. The fraction of sp³-hybridized carbons (Fsp3) is 0.185. The summed E-state index contributed by atoms with van der Waals surface area (Å²) < 4.78 is 32.1. The molecule has 3 aromatic carbocycles. The molecule has 1 aliphatic carbocycles. The molecule has 3 aromatic rings. The molecule has 1 heterocycles. The molecule has 2 unspecified atom stereocenters. The van der Waals surface area contributed by atoms with Gasteiger partial charge in [0.15, 0.2) is 0 Å². The first-order valence-corrected chi connectivity index (χ1v) is 12.7. The molecule has 172 valence electrons. The maximum atomic E-state index is 13.6. The summed E-state index contributed by atoms with van der Waals surface area (Å²) in [5.41, 5.74) is 4.50. The Morgan fingerprint density at radius 3 is 2.24 bits per heavy atom. The van der Waals surface area contributed by atoms with Gasteiger partial charge in [0.2, 0.25) is 0 Å². The van der Waals surface area contributed by atoms with E-state index in [-0.39, 0.29) is 22.8 Å². The number of nitrogens with zero attached hydrogens (tertiary/aromatic N) is 2. The van der Waals surface area contributed by atoms with Crippen molar-refractivity contribution < 1.29 is 17.8 Å². The number of amides is 1. The maximum absolute atomic E-state index is 13.6. The van der Waals surface area contributed by atoms with Crippen molar-refractivity contribution >= 4 is 27.8 Å². The quantitative estimate of drug-likeness (QED) is 0.517. The Labute approximate surface area is 199 Å². The normalized spacial score (nSPS) is 21.3. The highest BCUT2D eigenvalue weighted by molar-refractivity contribution is 7.85. The van der Waals surface area contributed by atoms with Crippen LogP contribution in [-0.2, 0) is 10.1 Å². The fourth-order valence-electron chi connectivity index (χ4n) is 4.80. The van der Waals surface area contributed by atoms with Gasteiger partial charge in [-0.3, -0.25) is 9.35 Å². The number of carbonyl (C=O) groups excluding carboxylic acids is 1. The number of hydrazone groups is 1. The monoisotopic (exact) mass is 472 g/mol. The highest BCUT2D eigenvalue weighted by Crippen LogP contribution is 2.44. The molecule has 34 heavy (non-hydrogen) atoms. The molecule has 1 fully saturated rings. The molecule has 0 spiro atoms. The SMILES string of the molecule is O=C(c1ccc(S(=O)(=O)O)cc1)N1N=C2C(=Cc3ccccc3)CCCC2C1c1ccccc1. The summed E-state index contributed by atoms with van der Waals surface area (Å²) in [6.07, 6.45) is 4.99. The standard InChI is InChI=1S/C27H24N2O4S/c30-27(21-14-16-23(17-15-21)34(31,32)33)29-26(20-10-5-2-6-11-20)24-13-7-12-22(25(24)28-29)18-19-8-3-1-4-9-19/h1-6,8-11,14-18,24,26H,7,12-13H2,(H,31,32,33). The summed E-state index contributed by atoms with van der Waals surface area (Å²) in [7, 11) is -4.33. The van der Waals surface area contributed by atoms with Crippen LogP contribution in [0.5, 0.6) is 0 Å². The van der Waals surface area contributed by atoms with Crippen LogP contribution in [-0.4, -0.2) is 29.6 Å². The molecule has 1 saturated carbocycles. The van der Waals surface area contributed by atoms with Gasteiger partial charge >= 0.3 is 0 Å². The van der Waals surface area contributed by atoms with Crippen molar-refractivity contribution in [1.82, 2.24) is 5.01 Å². The van der Waals surface area contributed by atoms with Crippen LogP contribution < -0.4 is 0 Å². The van der Waals surface area contributed by atoms with E-state index in [4.69, 9.17) is 5.10 Å². The Kier molecular flexibility index (Phi) is 5.89. The number of hydrogen-bond donors (Lipinski definition) is 1. The lowest BCUT2D eigenvalue weighted by atomic mass is 9.77. The van der Waals surface area contributed by atoms with Gasteiger partial charge < -0.3 is 0 Å². The van der Waals surface area contributed by atoms with Crippen LogP contribution >= 0.6 is 0 Å². The second-order valence-corrected chi connectivity index (χ2v) is 9.99. The van der Waals surface area contributed by atoms with Crippen LogP contribution in [0.1, 0.15) is 46.8 Å². The van der Waals surface area contributed by atoms with Crippen molar-refractivity contribution in [2.75, 3.05) is 0 Å². The van der Waals surface area contributed by atoms with Crippen LogP contribution in [0, 0.1) is 5.92 Å². The van der Waals surface area contributed by atoms with Crippen LogP contribution in [0.4, 0.5) is 0 Å². The number of fused-ring (bicyclic) bond motifs is 1. The summed E-state index contributed by atoms with van der Waals surface area (Å²) in [6, 6.07) is 25.0. The van der Waals surface area contributed by atoms with E-state index >= 15 is 0 Å². The highest BCUT2D eigenvalue weighted by atomic mass is 32.2. The lowest BCUT2D eigenvalue weighted by Crippen LogP contribution is -2.31. The Bertz CT molecular complexity index is 1370. The summed E-state index contributed by atoms with van der Waals surface area (Å²) in [4.78, 5) is 13.3. The van der Waals surface area contributed by atoms with Gasteiger partial charge in [-0.2, -0.15) is 13.5 Å². The number of benzene rings is 3. The van der Waals surface area contributed by atoms with Gasteiger partial charge in [-0.05, 0) is 66.3 Å². The molecule has 0 aromatic heterocycles. The zero-order chi connectivity index (χ0) is 23.7. The predicted octanol–water partition coefficient (Wildman–Crippen LogP) is 5.37. The molecule has 1 N–H and O–H groups in total. The molecular formula is C27H24N2O4S. The largest absolute Gasteiger partial charge is 0.294 e. The second kappa shape index (κ2) is 9.00. The van der Waals surface area contributed by atoms with Crippen LogP contribution in [0.15, 0.2) is 100 Å². The number of carbonyl (C=O) groups is 1. The Morgan fingerprint density at radius 2 is 1.59 bits per heavy atom. The molecule has 5 rings (SSSR count). The van der Waals surface area contributed by atoms with Crippen molar-refractivity contribution in [2.24, 2.45) is 11.0 Å². The number of rotatable bonds is 4. The van der Waals surface area contributed by atoms with Gasteiger partial charge in [0.05, 0.1) is 16.6 Å². The van der Waals surface area contributed by atoms with Gasteiger partial charge in [-0.25, -0.2) is 5.01 Å². The van der Waals surface area contributed by atoms with E-state index in [2.05, 4.69) is 18.2 Å². The Balaban J connectivity index is 1.56. The predicted molar refractivity (Wildman–Crippen MR) is 131 cm³/mol. The summed E-state index contributed by atoms with van der Waals surface area (Å²) >= 11 is 0. The highest BCUT2D eigenvalue weighted by Gasteiger charge is 2.43. The van der Waals surface area contributed by atoms with E-state index in [1.54, 1.807) is 5.01 Å². The summed E-state index contributed by atoms with van der Waals surface area (Å²) in [6.45, 7) is 0. The minimum absolute atomic E-state index is 0.0761. The van der Waals surface area contributed by atoms with Crippen LogP contribution in [0.2, 0.25) is 0 Å². The third-order valence-corrected chi connectivity index (χ3v) is 7.26. The van der Waals surface area contributed by atoms with E-state index < -0.39 is 10.1 Å². The van der Waals surface area contributed by atoms with Gasteiger partial charge in [-0.1, -0.05) is 60.7 Å². The van der Waals surface area contributed by atoms with Crippen molar-refractivity contribution in [2.45, 2.75) is 30.2 Å². The van der Waals surface area contributed by atoms with Gasteiger partial charge in [0, 0.05) is 11.5 Å². The van der Waals surface area contributed by atoms with Gasteiger partial charge in [-0.15, -0.1) is 0 Å². The first-order valence-electron chi connectivity index (χ1n) is 11.2. The molecule has 1 amide bonds. The lowest BCUT2D eigenvalue weighted by Gasteiger charge is -2.29. The van der Waals surface area contributed by atoms with Crippen molar-refractivity contribution in [3.05, 3.63) is 107 Å². The minimum Gasteiger partial charge on any atom is -0.282 e. The number of hydrogen-bond acceptors (Lipinski definition) is 4. The summed E-state index contributed by atoms with van der Waals surface area (Å²) in [5.74, 6) is -0.233. The molecule has 6 nitrogen and oxygen atoms in total. The Morgan fingerprint density at radius 1 is 0.941 bits per heavy atom. The molecule has 7 heteroatoms. The fourth-order valence-corrected chi connectivity index (χ4v) is 5.28. The first-order chi connectivity index (χ1) is 16.4. The van der Waals surface area contributed by atoms with E-state index in [1.807, 2.05) is 48.5 Å². The molecule has 2 aliphatic rings. The smallest absolute Gasteiger partial charge is 0.282 e. The molecule has 0 saturated heterocycles. The molecule has 0 bridgehead atoms. The Hall–Kier alpha value is -3.55. The third-order valence-electron chi connectivity index (χ3n) is 6.39. The molecule has 1 aliphatic heterocycles.